The second-order valence-corrected chi connectivity index (χ2v) is 4.41. The van der Waals surface area contributed by atoms with Crippen LogP contribution in [0.5, 0.6) is 5.75 Å². The van der Waals surface area contributed by atoms with E-state index in [9.17, 15) is 13.6 Å². The second-order valence-electron chi connectivity index (χ2n) is 4.41. The fourth-order valence-corrected chi connectivity index (χ4v) is 1.95. The zero-order valence-corrected chi connectivity index (χ0v) is 10.7. The van der Waals surface area contributed by atoms with Crippen molar-refractivity contribution in [3.8, 4) is 5.75 Å². The summed E-state index contributed by atoms with van der Waals surface area (Å²) in [5.41, 5.74) is 0. The number of ether oxygens (including phenoxy) is 1. The number of carbonyl (C=O) groups is 1. The van der Waals surface area contributed by atoms with E-state index in [0.29, 0.717) is 13.1 Å². The monoisotopic (exact) mass is 270 g/mol. The van der Waals surface area contributed by atoms with Crippen LogP contribution >= 0.6 is 0 Å². The van der Waals surface area contributed by atoms with Crippen LogP contribution in [0.4, 0.5) is 8.78 Å². The molecule has 0 aliphatic carbocycles. The first kappa shape index (κ1) is 13.7. The molecule has 1 aliphatic rings. The number of halogens is 2. The van der Waals surface area contributed by atoms with Crippen molar-refractivity contribution in [2.45, 2.75) is 13.0 Å². The lowest BCUT2D eigenvalue weighted by Crippen LogP contribution is -2.50. The van der Waals surface area contributed by atoms with E-state index in [2.05, 4.69) is 5.32 Å². The Morgan fingerprint density at radius 2 is 2.05 bits per heavy atom. The van der Waals surface area contributed by atoms with Gasteiger partial charge in [0.2, 0.25) is 0 Å². The van der Waals surface area contributed by atoms with Gasteiger partial charge in [-0.3, -0.25) is 4.79 Å². The van der Waals surface area contributed by atoms with Crippen LogP contribution in [0, 0.1) is 11.6 Å². The zero-order valence-electron chi connectivity index (χ0n) is 10.7. The summed E-state index contributed by atoms with van der Waals surface area (Å²) in [6, 6.07) is 3.02. The molecule has 1 saturated heterocycles. The molecule has 2 rings (SSSR count). The highest BCUT2D eigenvalue weighted by molar-refractivity contribution is 5.81. The fraction of sp³-hybridized carbons (Fsp3) is 0.462. The van der Waals surface area contributed by atoms with Crippen molar-refractivity contribution in [3.05, 3.63) is 29.8 Å². The molecule has 1 fully saturated rings. The van der Waals surface area contributed by atoms with Crippen molar-refractivity contribution in [3.63, 3.8) is 0 Å². The summed E-state index contributed by atoms with van der Waals surface area (Å²) >= 11 is 0. The van der Waals surface area contributed by atoms with Gasteiger partial charge in [0.05, 0.1) is 0 Å². The van der Waals surface area contributed by atoms with Gasteiger partial charge in [0.15, 0.2) is 17.7 Å². The molecule has 0 aromatic heterocycles. The largest absolute Gasteiger partial charge is 0.478 e. The van der Waals surface area contributed by atoms with E-state index < -0.39 is 17.7 Å². The van der Waals surface area contributed by atoms with Crippen LogP contribution in [0.2, 0.25) is 0 Å². The molecule has 1 heterocycles. The Hall–Kier alpha value is -1.69. The topological polar surface area (TPSA) is 41.6 Å². The number of hydrogen-bond donors (Lipinski definition) is 1. The lowest BCUT2D eigenvalue weighted by atomic mass is 10.2. The summed E-state index contributed by atoms with van der Waals surface area (Å²) < 4.78 is 31.4. The highest BCUT2D eigenvalue weighted by atomic mass is 19.1. The maximum Gasteiger partial charge on any atom is 0.263 e. The average molecular weight is 270 g/mol. The molecule has 0 spiro atoms. The number of benzene rings is 1. The third-order valence-corrected chi connectivity index (χ3v) is 2.97. The fourth-order valence-electron chi connectivity index (χ4n) is 1.95. The van der Waals surface area contributed by atoms with Gasteiger partial charge in [-0.05, 0) is 19.1 Å². The molecule has 1 atom stereocenters. The molecule has 4 nitrogen and oxygen atoms in total. The van der Waals surface area contributed by atoms with Gasteiger partial charge >= 0.3 is 0 Å². The molecular weight excluding hydrogens is 254 g/mol. The Morgan fingerprint density at radius 3 is 2.68 bits per heavy atom. The Bertz CT molecular complexity index is 462. The van der Waals surface area contributed by atoms with Crippen molar-refractivity contribution in [1.29, 1.82) is 0 Å². The van der Waals surface area contributed by atoms with E-state index in [0.717, 1.165) is 25.2 Å². The molecule has 0 radical (unpaired) electrons. The molecule has 1 aliphatic heterocycles. The number of piperazine rings is 1. The summed E-state index contributed by atoms with van der Waals surface area (Å²) in [4.78, 5) is 13.7. The minimum Gasteiger partial charge on any atom is -0.478 e. The summed E-state index contributed by atoms with van der Waals surface area (Å²) in [5.74, 6) is -1.78. The number of rotatable bonds is 3. The predicted octanol–water partition coefficient (Wildman–Crippen LogP) is 1.16. The van der Waals surface area contributed by atoms with Crippen LogP contribution in [-0.4, -0.2) is 43.1 Å². The lowest BCUT2D eigenvalue weighted by Gasteiger charge is -2.29. The van der Waals surface area contributed by atoms with Crippen LogP contribution in [0.15, 0.2) is 18.2 Å². The van der Waals surface area contributed by atoms with E-state index in [1.165, 1.54) is 6.07 Å². The molecule has 0 bridgehead atoms. The summed E-state index contributed by atoms with van der Waals surface area (Å²) in [6.07, 6.45) is -0.793. The zero-order chi connectivity index (χ0) is 13.8. The Balaban J connectivity index is 1.99. The van der Waals surface area contributed by atoms with Crippen LogP contribution < -0.4 is 10.1 Å². The first-order valence-corrected chi connectivity index (χ1v) is 6.19. The number of nitrogens with one attached hydrogen (secondary N) is 1. The van der Waals surface area contributed by atoms with Gasteiger partial charge in [0.25, 0.3) is 5.91 Å². The van der Waals surface area contributed by atoms with E-state index in [1.54, 1.807) is 11.8 Å². The van der Waals surface area contributed by atoms with Crippen LogP contribution in [0.1, 0.15) is 6.92 Å². The second kappa shape index (κ2) is 5.97. The number of amides is 1. The van der Waals surface area contributed by atoms with Crippen molar-refractivity contribution in [2.75, 3.05) is 26.2 Å². The molecule has 0 saturated carbocycles. The van der Waals surface area contributed by atoms with Gasteiger partial charge < -0.3 is 15.0 Å². The third-order valence-electron chi connectivity index (χ3n) is 2.97. The molecule has 6 heteroatoms. The molecule has 104 valence electrons. The standard InChI is InChI=1S/C13H16F2N2O2/c1-9(13(18)17-6-4-16-5-7-17)19-12-3-2-10(14)8-11(12)15/h2-3,8-9,16H,4-7H2,1H3. The van der Waals surface area contributed by atoms with Gasteiger partial charge in [-0.25, -0.2) is 8.78 Å². The third kappa shape index (κ3) is 3.41. The minimum absolute atomic E-state index is 0.114. The average Bonchev–Trinajstić information content (AvgIpc) is 2.42. The summed E-state index contributed by atoms with van der Waals surface area (Å²) in [6.45, 7) is 4.26. The highest BCUT2D eigenvalue weighted by Gasteiger charge is 2.24. The van der Waals surface area contributed by atoms with Gasteiger partial charge in [0, 0.05) is 32.2 Å². The predicted molar refractivity (Wildman–Crippen MR) is 65.9 cm³/mol. The molecule has 1 N–H and O–H groups in total. The van der Waals surface area contributed by atoms with Crippen molar-refractivity contribution < 1.29 is 18.3 Å². The van der Waals surface area contributed by atoms with E-state index in [-0.39, 0.29) is 11.7 Å². The lowest BCUT2D eigenvalue weighted by molar-refractivity contribution is -0.138. The maximum atomic E-state index is 13.4. The highest BCUT2D eigenvalue weighted by Crippen LogP contribution is 2.19. The quantitative estimate of drug-likeness (QED) is 0.896. The summed E-state index contributed by atoms with van der Waals surface area (Å²) in [7, 11) is 0. The van der Waals surface area contributed by atoms with Crippen LogP contribution in [0.3, 0.4) is 0 Å². The van der Waals surface area contributed by atoms with Gasteiger partial charge in [0.1, 0.15) is 5.82 Å². The van der Waals surface area contributed by atoms with E-state index in [4.69, 9.17) is 4.74 Å². The molecule has 1 amide bonds. The van der Waals surface area contributed by atoms with Crippen LogP contribution in [-0.2, 0) is 4.79 Å². The molecule has 1 aromatic carbocycles. The number of nitrogens with zero attached hydrogens (tertiary/aromatic N) is 1. The van der Waals surface area contributed by atoms with Crippen molar-refractivity contribution in [1.82, 2.24) is 10.2 Å². The molecule has 1 unspecified atom stereocenters. The smallest absolute Gasteiger partial charge is 0.263 e. The Morgan fingerprint density at radius 1 is 1.37 bits per heavy atom. The van der Waals surface area contributed by atoms with E-state index in [1.807, 2.05) is 0 Å². The normalized spacial score (nSPS) is 17.1. The minimum atomic E-state index is -0.806. The van der Waals surface area contributed by atoms with Gasteiger partial charge in [-0.15, -0.1) is 0 Å². The first-order valence-electron chi connectivity index (χ1n) is 6.19. The van der Waals surface area contributed by atoms with Crippen molar-refractivity contribution in [2.24, 2.45) is 0 Å². The van der Waals surface area contributed by atoms with Crippen LogP contribution in [0.25, 0.3) is 0 Å². The Kier molecular flexibility index (Phi) is 4.31. The van der Waals surface area contributed by atoms with Crippen molar-refractivity contribution >= 4 is 5.91 Å². The number of carbonyl (C=O) groups excluding carboxylic acids is 1. The summed E-state index contributed by atoms with van der Waals surface area (Å²) in [5, 5.41) is 3.14. The van der Waals surface area contributed by atoms with Gasteiger partial charge in [-0.1, -0.05) is 0 Å². The molecule has 1 aromatic rings. The SMILES string of the molecule is CC(Oc1ccc(F)cc1F)C(=O)N1CCNCC1. The number of hydrogen-bond acceptors (Lipinski definition) is 3. The Labute approximate surface area is 110 Å². The van der Waals surface area contributed by atoms with E-state index >= 15 is 0 Å². The molecular formula is C13H16F2N2O2. The molecule has 19 heavy (non-hydrogen) atoms. The maximum absolute atomic E-state index is 13.4. The van der Waals surface area contributed by atoms with Gasteiger partial charge in [-0.2, -0.15) is 0 Å². The first-order chi connectivity index (χ1) is 9.08.